The first-order valence-corrected chi connectivity index (χ1v) is 6.64. The molecular weight excluding hydrogens is 248 g/mol. The molecule has 0 aliphatic carbocycles. The number of hydrogen-bond donors (Lipinski definition) is 1. The minimum absolute atomic E-state index is 0.0760. The van der Waals surface area contributed by atoms with Crippen LogP contribution in [0.25, 0.3) is 0 Å². The van der Waals surface area contributed by atoms with Crippen LogP contribution < -0.4 is 0 Å². The largest absolute Gasteiger partial charge is 0.616 e. The maximum Gasteiger partial charge on any atom is 0.313 e. The van der Waals surface area contributed by atoms with Gasteiger partial charge in [0.1, 0.15) is 17.4 Å². The molecule has 6 nitrogen and oxygen atoms in total. The van der Waals surface area contributed by atoms with Crippen molar-refractivity contribution in [1.29, 1.82) is 0 Å². The molecule has 1 N–H and O–H groups in total. The third kappa shape index (κ3) is 7.19. The molecule has 0 aromatic heterocycles. The normalized spacial score (nSPS) is 13.9. The monoisotopic (exact) mass is 266 g/mol. The van der Waals surface area contributed by atoms with Crippen molar-refractivity contribution in [2.75, 3.05) is 32.3 Å². The minimum atomic E-state index is -1.29. The van der Waals surface area contributed by atoms with Crippen molar-refractivity contribution in [2.45, 2.75) is 12.8 Å². The number of carbonyl (C=O) groups is 2. The Morgan fingerprint density at radius 1 is 1.35 bits per heavy atom. The van der Waals surface area contributed by atoms with Gasteiger partial charge in [-0.1, -0.05) is 11.2 Å². The fourth-order valence-electron chi connectivity index (χ4n) is 1.24. The summed E-state index contributed by atoms with van der Waals surface area (Å²) < 4.78 is 20.4. The number of carbonyl (C=O) groups excluding carboxylic acids is 2. The summed E-state index contributed by atoms with van der Waals surface area (Å²) in [7, 11) is 2.50. The Bertz CT molecular complexity index is 245. The van der Waals surface area contributed by atoms with Gasteiger partial charge in [-0.05, 0) is 6.42 Å². The number of aliphatic hydroxyl groups excluding tert-OH is 1. The number of esters is 2. The van der Waals surface area contributed by atoms with Gasteiger partial charge in [0.15, 0.2) is 0 Å². The molecule has 2 unspecified atom stereocenters. The average Bonchev–Trinajstić information content (AvgIpc) is 2.33. The predicted molar refractivity (Wildman–Crippen MR) is 61.7 cm³/mol. The highest BCUT2D eigenvalue weighted by Gasteiger charge is 2.25. The lowest BCUT2D eigenvalue weighted by Crippen LogP contribution is -2.28. The van der Waals surface area contributed by atoms with Crippen molar-refractivity contribution in [3.05, 3.63) is 0 Å². The van der Waals surface area contributed by atoms with Gasteiger partial charge in [-0.25, -0.2) is 0 Å². The Balaban J connectivity index is 4.23. The highest BCUT2D eigenvalue weighted by molar-refractivity contribution is 7.91. The highest BCUT2D eigenvalue weighted by Crippen LogP contribution is 2.13. The third-order valence-electron chi connectivity index (χ3n) is 2.17. The number of hydrogen-bond acceptors (Lipinski definition) is 6. The topological polar surface area (TPSA) is 95.9 Å². The fourth-order valence-corrected chi connectivity index (χ4v) is 2.36. The maximum absolute atomic E-state index is 11.4. The molecule has 0 aromatic rings. The molecule has 0 heterocycles. The van der Waals surface area contributed by atoms with Crippen LogP contribution in [0.5, 0.6) is 0 Å². The molecule has 100 valence electrons. The van der Waals surface area contributed by atoms with Crippen LogP contribution >= 0.6 is 0 Å². The molecule has 7 heteroatoms. The zero-order chi connectivity index (χ0) is 13.3. The van der Waals surface area contributed by atoms with E-state index in [-0.39, 0.29) is 31.0 Å². The van der Waals surface area contributed by atoms with Gasteiger partial charge < -0.3 is 19.1 Å². The molecule has 0 saturated carbocycles. The summed E-state index contributed by atoms with van der Waals surface area (Å²) in [6.07, 6.45) is 0.309. The van der Waals surface area contributed by atoms with E-state index in [1.54, 1.807) is 0 Å². The van der Waals surface area contributed by atoms with Gasteiger partial charge in [-0.3, -0.25) is 9.59 Å². The molecule has 17 heavy (non-hydrogen) atoms. The molecule has 0 bridgehead atoms. The standard InChI is InChI=1S/C10H18O6S/c1-15-9(12)4-3-8(10(13)16-2)7-17(14)6-5-11/h8,11H,3-7H2,1-2H3. The van der Waals surface area contributed by atoms with E-state index in [0.717, 1.165) is 0 Å². The van der Waals surface area contributed by atoms with Gasteiger partial charge in [0.2, 0.25) is 0 Å². The molecule has 0 fully saturated rings. The first-order valence-electron chi connectivity index (χ1n) is 5.15. The number of aliphatic hydroxyl groups is 1. The molecule has 0 spiro atoms. The second kappa shape index (κ2) is 9.26. The Hall–Kier alpha value is -0.790. The summed E-state index contributed by atoms with van der Waals surface area (Å²) in [4.78, 5) is 22.3. The molecule has 0 radical (unpaired) electrons. The van der Waals surface area contributed by atoms with Crippen molar-refractivity contribution in [1.82, 2.24) is 0 Å². The fraction of sp³-hybridized carbons (Fsp3) is 0.800. The van der Waals surface area contributed by atoms with Gasteiger partial charge in [-0.2, -0.15) is 0 Å². The Kier molecular flexibility index (Phi) is 8.83. The Morgan fingerprint density at radius 3 is 2.47 bits per heavy atom. The van der Waals surface area contributed by atoms with E-state index in [9.17, 15) is 14.1 Å². The molecule has 0 amide bonds. The van der Waals surface area contributed by atoms with Crippen molar-refractivity contribution < 1.29 is 28.7 Å². The highest BCUT2D eigenvalue weighted by atomic mass is 32.2. The molecule has 0 rings (SSSR count). The van der Waals surface area contributed by atoms with Gasteiger partial charge in [0, 0.05) is 6.42 Å². The van der Waals surface area contributed by atoms with Crippen LogP contribution in [0.2, 0.25) is 0 Å². The van der Waals surface area contributed by atoms with Gasteiger partial charge in [-0.15, -0.1) is 0 Å². The average molecular weight is 266 g/mol. The zero-order valence-corrected chi connectivity index (χ0v) is 10.8. The van der Waals surface area contributed by atoms with Gasteiger partial charge >= 0.3 is 11.9 Å². The molecule has 0 saturated heterocycles. The second-order valence-corrected chi connectivity index (χ2v) is 4.99. The van der Waals surface area contributed by atoms with Crippen molar-refractivity contribution in [3.63, 3.8) is 0 Å². The van der Waals surface area contributed by atoms with Crippen LogP contribution in [-0.4, -0.2) is 53.9 Å². The van der Waals surface area contributed by atoms with Crippen LogP contribution in [0.1, 0.15) is 12.8 Å². The van der Waals surface area contributed by atoms with Crippen LogP contribution in [-0.2, 0) is 30.2 Å². The summed E-state index contributed by atoms with van der Waals surface area (Å²) in [5.41, 5.74) is 0. The van der Waals surface area contributed by atoms with Crippen molar-refractivity contribution in [2.24, 2.45) is 5.92 Å². The number of ether oxygens (including phenoxy) is 2. The van der Waals surface area contributed by atoms with Gasteiger partial charge in [0.25, 0.3) is 0 Å². The van der Waals surface area contributed by atoms with Crippen molar-refractivity contribution >= 4 is 23.1 Å². The number of rotatable bonds is 8. The maximum atomic E-state index is 11.4. The summed E-state index contributed by atoms with van der Waals surface area (Å²) in [5, 5.41) is 8.62. The Labute approximate surface area is 103 Å². The van der Waals surface area contributed by atoms with E-state index >= 15 is 0 Å². The second-order valence-electron chi connectivity index (χ2n) is 3.37. The molecule has 0 aliphatic heterocycles. The first-order chi connectivity index (χ1) is 8.04. The molecule has 0 aromatic carbocycles. The van der Waals surface area contributed by atoms with Crippen LogP contribution in [0.4, 0.5) is 0 Å². The van der Waals surface area contributed by atoms with E-state index in [2.05, 4.69) is 9.47 Å². The third-order valence-corrected chi connectivity index (χ3v) is 3.58. The lowest BCUT2D eigenvalue weighted by Gasteiger charge is -2.16. The lowest BCUT2D eigenvalue weighted by atomic mass is 10.1. The van der Waals surface area contributed by atoms with Crippen LogP contribution in [0.3, 0.4) is 0 Å². The summed E-state index contributed by atoms with van der Waals surface area (Å²) in [6.45, 7) is -0.197. The first kappa shape index (κ1) is 16.2. The molecule has 0 aliphatic rings. The van der Waals surface area contributed by atoms with E-state index in [0.29, 0.717) is 0 Å². The smallest absolute Gasteiger partial charge is 0.313 e. The molecule has 2 atom stereocenters. The van der Waals surface area contributed by atoms with E-state index in [4.69, 9.17) is 5.11 Å². The summed E-state index contributed by atoms with van der Waals surface area (Å²) in [5.74, 6) is -1.32. The molecular formula is C10H18O6S. The lowest BCUT2D eigenvalue weighted by molar-refractivity contribution is -0.146. The van der Waals surface area contributed by atoms with Crippen LogP contribution in [0.15, 0.2) is 0 Å². The Morgan fingerprint density at radius 2 is 2.00 bits per heavy atom. The predicted octanol–water partition coefficient (Wildman–Crippen LogP) is -0.530. The van der Waals surface area contributed by atoms with Crippen LogP contribution in [0, 0.1) is 5.92 Å². The van der Waals surface area contributed by atoms with Crippen molar-refractivity contribution in [3.8, 4) is 0 Å². The quantitative estimate of drug-likeness (QED) is 0.468. The van der Waals surface area contributed by atoms with Gasteiger partial charge in [0.05, 0.1) is 20.8 Å². The van der Waals surface area contributed by atoms with E-state index in [1.165, 1.54) is 14.2 Å². The minimum Gasteiger partial charge on any atom is -0.616 e. The summed E-state index contributed by atoms with van der Waals surface area (Å²) in [6, 6.07) is 0. The van der Waals surface area contributed by atoms with E-state index in [1.807, 2.05) is 0 Å². The van der Waals surface area contributed by atoms with E-state index < -0.39 is 29.0 Å². The summed E-state index contributed by atoms with van der Waals surface area (Å²) >= 11 is -1.29. The number of methoxy groups -OCH3 is 2. The zero-order valence-electron chi connectivity index (χ0n) is 10.0. The SMILES string of the molecule is COC(=O)CCC(C[S+]([O-])CCO)C(=O)OC.